The van der Waals surface area contributed by atoms with E-state index in [0.29, 0.717) is 5.56 Å². The van der Waals surface area contributed by atoms with Crippen LogP contribution in [0.4, 0.5) is 0 Å². The van der Waals surface area contributed by atoms with Gasteiger partial charge < -0.3 is 10.2 Å². The van der Waals surface area contributed by atoms with Gasteiger partial charge in [-0.15, -0.1) is 0 Å². The lowest BCUT2D eigenvalue weighted by Crippen LogP contribution is -2.18. The van der Waals surface area contributed by atoms with Gasteiger partial charge in [-0.3, -0.25) is 4.79 Å². The van der Waals surface area contributed by atoms with Crippen molar-refractivity contribution in [2.24, 2.45) is 5.92 Å². The van der Waals surface area contributed by atoms with Gasteiger partial charge in [-0.1, -0.05) is 28.1 Å². The quantitative estimate of drug-likeness (QED) is 0.874. The maximum atomic E-state index is 10.6. The molecule has 76 valence electrons. The first kappa shape index (κ1) is 11.2. The molecular formula is C10H11BrO3. The zero-order valence-electron chi connectivity index (χ0n) is 7.64. The average molecular weight is 259 g/mol. The van der Waals surface area contributed by atoms with Crippen LogP contribution in [0.3, 0.4) is 0 Å². The highest BCUT2D eigenvalue weighted by molar-refractivity contribution is 9.10. The van der Waals surface area contributed by atoms with Crippen molar-refractivity contribution in [3.05, 3.63) is 34.3 Å². The number of carboxylic acid groups (broad SMARTS) is 1. The Morgan fingerprint density at radius 3 is 2.29 bits per heavy atom. The highest BCUT2D eigenvalue weighted by Crippen LogP contribution is 2.23. The Balaban J connectivity index is 2.84. The van der Waals surface area contributed by atoms with Crippen LogP contribution in [0.25, 0.3) is 0 Å². The van der Waals surface area contributed by atoms with Crippen LogP contribution in [0.2, 0.25) is 0 Å². The Labute approximate surface area is 90.5 Å². The highest BCUT2D eigenvalue weighted by Gasteiger charge is 2.22. The predicted molar refractivity (Wildman–Crippen MR) is 55.9 cm³/mol. The maximum Gasteiger partial charge on any atom is 0.309 e. The van der Waals surface area contributed by atoms with E-state index < -0.39 is 18.0 Å². The van der Waals surface area contributed by atoms with Crippen molar-refractivity contribution in [3.63, 3.8) is 0 Å². The SMILES string of the molecule is C[C@@H](C(=O)O)[C@H](O)c1ccc(Br)cc1. The molecule has 0 aliphatic rings. The molecule has 0 bridgehead atoms. The molecule has 4 heteroatoms. The number of aliphatic hydroxyl groups is 1. The van der Waals surface area contributed by atoms with Gasteiger partial charge in [0, 0.05) is 4.47 Å². The van der Waals surface area contributed by atoms with Crippen LogP contribution in [-0.2, 0) is 4.79 Å². The molecule has 0 amide bonds. The molecule has 0 unspecified atom stereocenters. The van der Waals surface area contributed by atoms with Crippen LogP contribution in [0.15, 0.2) is 28.7 Å². The molecule has 0 spiro atoms. The first-order chi connectivity index (χ1) is 6.52. The summed E-state index contributed by atoms with van der Waals surface area (Å²) in [7, 11) is 0. The van der Waals surface area contributed by atoms with E-state index in [-0.39, 0.29) is 0 Å². The van der Waals surface area contributed by atoms with Crippen molar-refractivity contribution in [1.29, 1.82) is 0 Å². The number of aliphatic hydroxyl groups excluding tert-OH is 1. The van der Waals surface area contributed by atoms with Gasteiger partial charge in [0.25, 0.3) is 0 Å². The molecule has 2 atom stereocenters. The molecule has 1 aromatic rings. The van der Waals surface area contributed by atoms with Gasteiger partial charge in [-0.2, -0.15) is 0 Å². The monoisotopic (exact) mass is 258 g/mol. The molecule has 0 aromatic heterocycles. The average Bonchev–Trinajstić information content (AvgIpc) is 2.16. The standard InChI is InChI=1S/C10H11BrO3/c1-6(10(13)14)9(12)7-2-4-8(11)5-3-7/h2-6,9,12H,1H3,(H,13,14)/t6-,9+/m1/s1. The number of hydrogen-bond donors (Lipinski definition) is 2. The van der Waals surface area contributed by atoms with E-state index in [1.54, 1.807) is 24.3 Å². The summed E-state index contributed by atoms with van der Waals surface area (Å²) in [6.45, 7) is 1.48. The van der Waals surface area contributed by atoms with E-state index in [9.17, 15) is 9.90 Å². The number of benzene rings is 1. The Morgan fingerprint density at radius 1 is 1.36 bits per heavy atom. The number of carbonyl (C=O) groups is 1. The van der Waals surface area contributed by atoms with Crippen molar-refractivity contribution in [3.8, 4) is 0 Å². The summed E-state index contributed by atoms with van der Waals surface area (Å²) in [5.74, 6) is -1.79. The lowest BCUT2D eigenvalue weighted by molar-refractivity contribution is -0.145. The molecule has 0 aliphatic heterocycles. The van der Waals surface area contributed by atoms with Crippen molar-refractivity contribution >= 4 is 21.9 Å². The number of aliphatic carboxylic acids is 1. The van der Waals surface area contributed by atoms with Crippen molar-refractivity contribution in [1.82, 2.24) is 0 Å². The Hall–Kier alpha value is -0.870. The van der Waals surface area contributed by atoms with Crippen LogP contribution in [0, 0.1) is 5.92 Å². The predicted octanol–water partition coefficient (Wildman–Crippen LogP) is 2.20. The Bertz CT molecular complexity index is 321. The zero-order chi connectivity index (χ0) is 10.7. The number of rotatable bonds is 3. The van der Waals surface area contributed by atoms with Gasteiger partial charge in [0.1, 0.15) is 0 Å². The molecule has 0 fully saturated rings. The lowest BCUT2D eigenvalue weighted by Gasteiger charge is -2.14. The molecule has 14 heavy (non-hydrogen) atoms. The van der Waals surface area contributed by atoms with Crippen molar-refractivity contribution < 1.29 is 15.0 Å². The van der Waals surface area contributed by atoms with Crippen LogP contribution in [-0.4, -0.2) is 16.2 Å². The third-order valence-electron chi connectivity index (χ3n) is 2.07. The van der Waals surface area contributed by atoms with E-state index in [0.717, 1.165) is 4.47 Å². The molecule has 1 rings (SSSR count). The van der Waals surface area contributed by atoms with E-state index in [4.69, 9.17) is 5.11 Å². The summed E-state index contributed by atoms with van der Waals surface area (Å²) in [6, 6.07) is 6.95. The molecule has 0 saturated carbocycles. The van der Waals surface area contributed by atoms with Gasteiger partial charge in [0.05, 0.1) is 12.0 Å². The van der Waals surface area contributed by atoms with E-state index in [1.807, 2.05) is 0 Å². The van der Waals surface area contributed by atoms with Crippen LogP contribution < -0.4 is 0 Å². The molecule has 1 aromatic carbocycles. The topological polar surface area (TPSA) is 57.5 Å². The molecule has 2 N–H and O–H groups in total. The second kappa shape index (κ2) is 4.57. The summed E-state index contributed by atoms with van der Waals surface area (Å²) in [5, 5.41) is 18.4. The third-order valence-corrected chi connectivity index (χ3v) is 2.60. The normalized spacial score (nSPS) is 14.8. The van der Waals surface area contributed by atoms with Gasteiger partial charge in [-0.05, 0) is 24.6 Å². The minimum atomic E-state index is -1.000. The first-order valence-corrected chi connectivity index (χ1v) is 4.98. The van der Waals surface area contributed by atoms with Crippen LogP contribution in [0.1, 0.15) is 18.6 Å². The van der Waals surface area contributed by atoms with Crippen LogP contribution >= 0.6 is 15.9 Å². The first-order valence-electron chi connectivity index (χ1n) is 4.18. The van der Waals surface area contributed by atoms with Gasteiger partial charge >= 0.3 is 5.97 Å². The lowest BCUT2D eigenvalue weighted by atomic mass is 9.98. The molecule has 0 heterocycles. The van der Waals surface area contributed by atoms with E-state index >= 15 is 0 Å². The smallest absolute Gasteiger partial charge is 0.309 e. The third kappa shape index (κ3) is 2.56. The Kier molecular flexibility index (Phi) is 3.66. The highest BCUT2D eigenvalue weighted by atomic mass is 79.9. The largest absolute Gasteiger partial charge is 0.481 e. The molecule has 0 aliphatic carbocycles. The number of hydrogen-bond acceptors (Lipinski definition) is 2. The minimum Gasteiger partial charge on any atom is -0.481 e. The van der Waals surface area contributed by atoms with Crippen molar-refractivity contribution in [2.45, 2.75) is 13.0 Å². The van der Waals surface area contributed by atoms with E-state index in [2.05, 4.69) is 15.9 Å². The van der Waals surface area contributed by atoms with E-state index in [1.165, 1.54) is 6.92 Å². The summed E-state index contributed by atoms with van der Waals surface area (Å²) < 4.78 is 0.899. The summed E-state index contributed by atoms with van der Waals surface area (Å²) in [4.78, 5) is 10.6. The maximum absolute atomic E-state index is 10.6. The number of halogens is 1. The zero-order valence-corrected chi connectivity index (χ0v) is 9.23. The molecular weight excluding hydrogens is 248 g/mol. The van der Waals surface area contributed by atoms with Crippen LogP contribution in [0.5, 0.6) is 0 Å². The summed E-state index contributed by atoms with van der Waals surface area (Å²) in [6.07, 6.45) is -0.958. The van der Waals surface area contributed by atoms with Gasteiger partial charge in [-0.25, -0.2) is 0 Å². The second-order valence-corrected chi connectivity index (χ2v) is 4.04. The molecule has 0 saturated heterocycles. The number of carboxylic acids is 1. The van der Waals surface area contributed by atoms with Gasteiger partial charge in [0.2, 0.25) is 0 Å². The summed E-state index contributed by atoms with van der Waals surface area (Å²) in [5.41, 5.74) is 0.614. The van der Waals surface area contributed by atoms with Gasteiger partial charge in [0.15, 0.2) is 0 Å². The second-order valence-electron chi connectivity index (χ2n) is 3.12. The minimum absolute atomic E-state index is 0.614. The fourth-order valence-electron chi connectivity index (χ4n) is 1.08. The fourth-order valence-corrected chi connectivity index (χ4v) is 1.35. The van der Waals surface area contributed by atoms with Crippen molar-refractivity contribution in [2.75, 3.05) is 0 Å². The fraction of sp³-hybridized carbons (Fsp3) is 0.300. The summed E-state index contributed by atoms with van der Waals surface area (Å²) >= 11 is 3.26. The molecule has 0 radical (unpaired) electrons. The molecule has 3 nitrogen and oxygen atoms in total. The Morgan fingerprint density at radius 2 is 1.86 bits per heavy atom.